The molecule has 0 radical (unpaired) electrons. The van der Waals surface area contributed by atoms with Crippen LogP contribution in [0.15, 0.2) is 18.2 Å². The minimum absolute atomic E-state index is 0.0160. The molecule has 3 rings (SSSR count). The maximum absolute atomic E-state index is 12.8. The Morgan fingerprint density at radius 2 is 1.57 bits per heavy atom. The highest BCUT2D eigenvalue weighted by molar-refractivity contribution is 6.34. The number of amides is 1. The van der Waals surface area contributed by atoms with Gasteiger partial charge in [0, 0.05) is 17.4 Å². The van der Waals surface area contributed by atoms with Crippen molar-refractivity contribution >= 4 is 34.8 Å². The fourth-order valence-electron chi connectivity index (χ4n) is 5.11. The fourth-order valence-corrected chi connectivity index (χ4v) is 5.56. The number of nitrogens with zero attached hydrogens (tertiary/aromatic N) is 3. The molecule has 244 valence electrons. The lowest BCUT2D eigenvalue weighted by atomic mass is 9.92. The number of carbonyl (C=O) groups is 2. The van der Waals surface area contributed by atoms with Gasteiger partial charge in [0.15, 0.2) is 11.5 Å². The van der Waals surface area contributed by atoms with Crippen molar-refractivity contribution in [3.05, 3.63) is 28.9 Å². The number of ether oxygens (including phenoxy) is 2. The fraction of sp³-hybridized carbons (Fsp3) is 0.647. The second-order valence-corrected chi connectivity index (χ2v) is 12.9. The van der Waals surface area contributed by atoms with E-state index in [4.69, 9.17) is 21.1 Å². The van der Waals surface area contributed by atoms with E-state index in [0.29, 0.717) is 46.7 Å². The summed E-state index contributed by atoms with van der Waals surface area (Å²) in [5.41, 5.74) is 2.24. The van der Waals surface area contributed by atoms with Crippen molar-refractivity contribution in [3.8, 4) is 17.1 Å². The molecule has 0 aliphatic rings. The Morgan fingerprint density at radius 1 is 0.932 bits per heavy atom. The van der Waals surface area contributed by atoms with E-state index in [2.05, 4.69) is 48.2 Å². The molecule has 2 N–H and O–H groups in total. The first-order valence-corrected chi connectivity index (χ1v) is 16.9. The molecule has 0 spiro atoms. The van der Waals surface area contributed by atoms with Crippen molar-refractivity contribution in [2.75, 3.05) is 18.5 Å². The molecule has 0 aliphatic carbocycles. The van der Waals surface area contributed by atoms with Gasteiger partial charge in [-0.15, -0.1) is 5.10 Å². The monoisotopic (exact) mass is 629 g/mol. The number of nitrogens with one attached hydrogen (secondary N) is 2. The predicted molar refractivity (Wildman–Crippen MR) is 178 cm³/mol. The average Bonchev–Trinajstić information content (AvgIpc) is 3.54. The molecule has 10 heteroatoms. The molecule has 0 saturated carbocycles. The predicted octanol–water partition coefficient (Wildman–Crippen LogP) is 9.04. The minimum Gasteiger partial charge on any atom is -0.494 e. The van der Waals surface area contributed by atoms with E-state index in [1.165, 1.54) is 64.2 Å². The summed E-state index contributed by atoms with van der Waals surface area (Å²) >= 11 is 6.63. The summed E-state index contributed by atoms with van der Waals surface area (Å²) in [6.07, 6.45) is 15.1. The Labute approximate surface area is 267 Å². The van der Waals surface area contributed by atoms with E-state index >= 15 is 0 Å². The lowest BCUT2D eigenvalue weighted by Gasteiger charge is -2.16. The van der Waals surface area contributed by atoms with Crippen molar-refractivity contribution in [2.45, 2.75) is 130 Å². The smallest absolute Gasteiger partial charge is 0.306 e. The van der Waals surface area contributed by atoms with E-state index < -0.39 is 0 Å². The highest BCUT2D eigenvalue weighted by Crippen LogP contribution is 2.34. The van der Waals surface area contributed by atoms with Crippen molar-refractivity contribution in [3.63, 3.8) is 0 Å². The van der Waals surface area contributed by atoms with Gasteiger partial charge in [0.1, 0.15) is 10.8 Å². The number of carbonyl (C=O) groups excluding carboxylic acids is 2. The number of halogens is 1. The molecular weight excluding hydrogens is 578 g/mol. The number of fused-ring (bicyclic) bond motifs is 1. The Bertz CT molecular complexity index is 1330. The standard InChI is InChI=1S/C34H52ClN5O4/c1-6-8-9-10-11-12-13-14-15-16-17-18-23-44-29(42)22-21-28(41)36-27-20-19-25(43-7-2)24-26(27)32-37-33-30(35)31(34(3,4)5)38-40(33)39-32/h19-20,24,38H,6-18,21-23H2,1-5H3,(H,36,41). The number of aromatic amines is 1. The van der Waals surface area contributed by atoms with Gasteiger partial charge in [-0.1, -0.05) is 110 Å². The summed E-state index contributed by atoms with van der Waals surface area (Å²) in [5.74, 6) is 0.360. The first-order chi connectivity index (χ1) is 21.1. The molecule has 9 nitrogen and oxygen atoms in total. The number of unbranched alkanes of at least 4 members (excludes halogenated alkanes) is 11. The van der Waals surface area contributed by atoms with Crippen LogP contribution >= 0.6 is 11.6 Å². The van der Waals surface area contributed by atoms with E-state index in [-0.39, 0.29) is 30.1 Å². The van der Waals surface area contributed by atoms with Gasteiger partial charge in [0.05, 0.1) is 31.0 Å². The van der Waals surface area contributed by atoms with Gasteiger partial charge < -0.3 is 14.8 Å². The first kappa shape index (κ1) is 35.4. The van der Waals surface area contributed by atoms with E-state index in [9.17, 15) is 9.59 Å². The number of hydrogen-bond donors (Lipinski definition) is 2. The molecule has 2 aromatic heterocycles. The number of esters is 1. The number of anilines is 1. The molecule has 1 amide bonds. The molecule has 0 fully saturated rings. The summed E-state index contributed by atoms with van der Waals surface area (Å²) in [4.78, 5) is 29.7. The minimum atomic E-state index is -0.357. The van der Waals surface area contributed by atoms with Crippen molar-refractivity contribution in [2.24, 2.45) is 0 Å². The van der Waals surface area contributed by atoms with Crippen LogP contribution in [0, 0.1) is 0 Å². The SMILES string of the molecule is CCCCCCCCCCCCCCOC(=O)CCC(=O)Nc1ccc(OCC)cc1-c1nc2c(Cl)c(C(C)(C)C)[nH]n2n1. The molecule has 2 heterocycles. The van der Waals surface area contributed by atoms with Crippen LogP contribution in [0.2, 0.25) is 5.02 Å². The highest BCUT2D eigenvalue weighted by atomic mass is 35.5. The van der Waals surface area contributed by atoms with Gasteiger partial charge in [-0.25, -0.2) is 4.98 Å². The third-order valence-corrected chi connectivity index (χ3v) is 7.98. The Balaban J connectivity index is 1.43. The maximum atomic E-state index is 12.8. The van der Waals surface area contributed by atoms with Crippen LogP contribution in [0.4, 0.5) is 5.69 Å². The van der Waals surface area contributed by atoms with E-state index in [1.807, 2.05) is 6.92 Å². The highest BCUT2D eigenvalue weighted by Gasteiger charge is 2.25. The molecule has 0 unspecified atom stereocenters. The van der Waals surface area contributed by atoms with Crippen molar-refractivity contribution in [1.29, 1.82) is 0 Å². The van der Waals surface area contributed by atoms with Crippen LogP contribution in [-0.2, 0) is 19.7 Å². The number of benzene rings is 1. The van der Waals surface area contributed by atoms with Crippen LogP contribution in [0.5, 0.6) is 5.75 Å². The van der Waals surface area contributed by atoms with E-state index in [1.54, 1.807) is 22.8 Å². The summed E-state index contributed by atoms with van der Waals surface area (Å²) in [6.45, 7) is 11.2. The number of aromatic nitrogens is 4. The Kier molecular flexibility index (Phi) is 14.5. The van der Waals surface area contributed by atoms with Gasteiger partial charge in [0.25, 0.3) is 0 Å². The zero-order chi connectivity index (χ0) is 32.0. The second-order valence-electron chi connectivity index (χ2n) is 12.5. The third-order valence-electron chi connectivity index (χ3n) is 7.62. The number of rotatable bonds is 20. The Morgan fingerprint density at radius 3 is 2.16 bits per heavy atom. The van der Waals surface area contributed by atoms with Gasteiger partial charge in [-0.2, -0.15) is 4.63 Å². The lowest BCUT2D eigenvalue weighted by molar-refractivity contribution is -0.144. The quantitative estimate of drug-likeness (QED) is 0.0953. The molecule has 44 heavy (non-hydrogen) atoms. The number of hydrogen-bond acceptors (Lipinski definition) is 6. The lowest BCUT2D eigenvalue weighted by Crippen LogP contribution is -2.15. The second kappa shape index (κ2) is 18.0. The zero-order valence-electron chi connectivity index (χ0n) is 27.4. The van der Waals surface area contributed by atoms with Gasteiger partial charge in [0.2, 0.25) is 5.91 Å². The summed E-state index contributed by atoms with van der Waals surface area (Å²) in [6, 6.07) is 5.31. The normalized spacial score (nSPS) is 11.7. The first-order valence-electron chi connectivity index (χ1n) is 16.5. The molecule has 1 aromatic carbocycles. The van der Waals surface area contributed by atoms with Crippen molar-refractivity contribution in [1.82, 2.24) is 19.8 Å². The van der Waals surface area contributed by atoms with Gasteiger partial charge >= 0.3 is 5.97 Å². The molecule has 0 bridgehead atoms. The molecule has 0 atom stereocenters. The largest absolute Gasteiger partial charge is 0.494 e. The number of H-pyrrole nitrogens is 1. The topological polar surface area (TPSA) is 111 Å². The summed E-state index contributed by atoms with van der Waals surface area (Å²) in [7, 11) is 0. The average molecular weight is 630 g/mol. The summed E-state index contributed by atoms with van der Waals surface area (Å²) < 4.78 is 12.6. The zero-order valence-corrected chi connectivity index (χ0v) is 28.2. The van der Waals surface area contributed by atoms with Crippen molar-refractivity contribution < 1.29 is 19.1 Å². The third kappa shape index (κ3) is 11.1. The van der Waals surface area contributed by atoms with Gasteiger partial charge in [-0.05, 0) is 31.5 Å². The Hall–Kier alpha value is -3.07. The maximum Gasteiger partial charge on any atom is 0.306 e. The van der Waals surface area contributed by atoms with E-state index in [0.717, 1.165) is 18.5 Å². The van der Waals surface area contributed by atoms with Crippen LogP contribution < -0.4 is 10.1 Å². The molecule has 0 aliphatic heterocycles. The molecule has 0 saturated heterocycles. The molecular formula is C34H52ClN5O4. The van der Waals surface area contributed by atoms with Crippen LogP contribution in [-0.4, -0.2) is 44.9 Å². The van der Waals surface area contributed by atoms with Crippen LogP contribution in [0.1, 0.15) is 130 Å². The van der Waals surface area contributed by atoms with Crippen LogP contribution in [0.25, 0.3) is 17.0 Å². The van der Waals surface area contributed by atoms with Crippen LogP contribution in [0.3, 0.4) is 0 Å². The van der Waals surface area contributed by atoms with Gasteiger partial charge in [-0.3, -0.25) is 14.7 Å². The summed E-state index contributed by atoms with van der Waals surface area (Å²) in [5, 5.41) is 11.2. The molecule has 3 aromatic rings.